The van der Waals surface area contributed by atoms with Crippen molar-refractivity contribution >= 4 is 17.4 Å². The van der Waals surface area contributed by atoms with Gasteiger partial charge in [0, 0.05) is 49.0 Å². The number of anilines is 1. The number of hydrogen-bond donors (Lipinski definition) is 0. The lowest BCUT2D eigenvalue weighted by Gasteiger charge is -2.41. The predicted molar refractivity (Wildman–Crippen MR) is 136 cm³/mol. The summed E-state index contributed by atoms with van der Waals surface area (Å²) >= 11 is 0. The van der Waals surface area contributed by atoms with Crippen molar-refractivity contribution in [1.82, 2.24) is 9.80 Å². The zero-order valence-corrected chi connectivity index (χ0v) is 20.5. The Morgan fingerprint density at radius 1 is 0.882 bits per heavy atom. The maximum absolute atomic E-state index is 13.0. The van der Waals surface area contributed by atoms with Crippen molar-refractivity contribution in [3.05, 3.63) is 59.7 Å². The van der Waals surface area contributed by atoms with Gasteiger partial charge in [-0.2, -0.15) is 0 Å². The first kappa shape index (κ1) is 24.3. The molecule has 2 aliphatic heterocycles. The number of piperidine rings is 1. The SMILES string of the molecule is CC(=O)c1ccc(C(=O)N2CCN(c3ccc(OCCCN4CCCCC4)cc3)C[C@@H]2C)cc1. The van der Waals surface area contributed by atoms with E-state index in [0.29, 0.717) is 17.7 Å². The number of carbonyl (C=O) groups is 2. The van der Waals surface area contributed by atoms with Crippen LogP contribution in [0, 0.1) is 0 Å². The maximum Gasteiger partial charge on any atom is 0.254 e. The van der Waals surface area contributed by atoms with E-state index in [4.69, 9.17) is 4.74 Å². The molecule has 1 atom stereocenters. The molecule has 34 heavy (non-hydrogen) atoms. The lowest BCUT2D eigenvalue weighted by Crippen LogP contribution is -2.54. The summed E-state index contributed by atoms with van der Waals surface area (Å²) in [5.74, 6) is 0.948. The molecule has 182 valence electrons. The van der Waals surface area contributed by atoms with Crippen LogP contribution in [-0.2, 0) is 0 Å². The number of nitrogens with zero attached hydrogens (tertiary/aromatic N) is 3. The number of likely N-dealkylation sites (tertiary alicyclic amines) is 1. The number of ether oxygens (including phenoxy) is 1. The van der Waals surface area contributed by atoms with Gasteiger partial charge in [0.2, 0.25) is 0 Å². The first-order valence-corrected chi connectivity index (χ1v) is 12.6. The molecule has 0 aliphatic carbocycles. The van der Waals surface area contributed by atoms with Crippen LogP contribution in [0.4, 0.5) is 5.69 Å². The van der Waals surface area contributed by atoms with Crippen LogP contribution >= 0.6 is 0 Å². The summed E-state index contributed by atoms with van der Waals surface area (Å²) in [6.45, 7) is 10.2. The van der Waals surface area contributed by atoms with E-state index in [-0.39, 0.29) is 17.7 Å². The van der Waals surface area contributed by atoms with Crippen LogP contribution in [0.5, 0.6) is 5.75 Å². The summed E-state index contributed by atoms with van der Waals surface area (Å²) in [5, 5.41) is 0. The summed E-state index contributed by atoms with van der Waals surface area (Å²) < 4.78 is 5.96. The van der Waals surface area contributed by atoms with Gasteiger partial charge in [0.25, 0.3) is 5.91 Å². The summed E-state index contributed by atoms with van der Waals surface area (Å²) in [7, 11) is 0. The van der Waals surface area contributed by atoms with Crippen molar-refractivity contribution in [2.24, 2.45) is 0 Å². The zero-order valence-electron chi connectivity index (χ0n) is 20.5. The molecule has 6 nitrogen and oxygen atoms in total. The Balaban J connectivity index is 1.24. The summed E-state index contributed by atoms with van der Waals surface area (Å²) in [5.41, 5.74) is 2.42. The van der Waals surface area contributed by atoms with Crippen LogP contribution in [0.15, 0.2) is 48.5 Å². The number of ketones is 1. The topological polar surface area (TPSA) is 53.1 Å². The van der Waals surface area contributed by atoms with Crippen LogP contribution in [0.1, 0.15) is 60.2 Å². The maximum atomic E-state index is 13.0. The second-order valence-electron chi connectivity index (χ2n) is 9.53. The largest absolute Gasteiger partial charge is 0.494 e. The Kier molecular flexibility index (Phi) is 8.22. The van der Waals surface area contributed by atoms with Gasteiger partial charge in [-0.1, -0.05) is 18.6 Å². The standard InChI is InChI=1S/C28H37N3O3/c1-22-21-30(18-19-31(22)28(33)25-9-7-24(8-10-25)23(2)32)26-11-13-27(14-12-26)34-20-6-17-29-15-4-3-5-16-29/h7-14,22H,3-6,15-21H2,1-2H3/t22-/m0/s1. The van der Waals surface area contributed by atoms with Crippen LogP contribution in [0.2, 0.25) is 0 Å². The average molecular weight is 464 g/mol. The van der Waals surface area contributed by atoms with E-state index in [9.17, 15) is 9.59 Å². The van der Waals surface area contributed by atoms with Crippen molar-refractivity contribution in [2.45, 2.75) is 45.6 Å². The lowest BCUT2D eigenvalue weighted by atomic mass is 10.1. The summed E-state index contributed by atoms with van der Waals surface area (Å²) in [4.78, 5) is 31.3. The molecule has 6 heteroatoms. The highest BCUT2D eigenvalue weighted by Gasteiger charge is 2.28. The molecule has 0 bridgehead atoms. The lowest BCUT2D eigenvalue weighted by molar-refractivity contribution is 0.0673. The highest BCUT2D eigenvalue weighted by atomic mass is 16.5. The summed E-state index contributed by atoms with van der Waals surface area (Å²) in [6.07, 6.45) is 5.10. The quantitative estimate of drug-likeness (QED) is 0.426. The molecule has 4 rings (SSSR count). The number of carbonyl (C=O) groups excluding carboxylic acids is 2. The number of piperazine rings is 1. The number of rotatable bonds is 8. The molecule has 2 aromatic rings. The molecular formula is C28H37N3O3. The monoisotopic (exact) mass is 463 g/mol. The zero-order chi connectivity index (χ0) is 23.9. The third-order valence-electron chi connectivity index (χ3n) is 6.96. The van der Waals surface area contributed by atoms with Crippen LogP contribution in [-0.4, -0.2) is 73.4 Å². The fraction of sp³-hybridized carbons (Fsp3) is 0.500. The number of Topliss-reactive ketones (excluding diaryl/α,β-unsaturated/α-hetero) is 1. The molecule has 0 unspecified atom stereocenters. The fourth-order valence-electron chi connectivity index (χ4n) is 4.92. The van der Waals surface area contributed by atoms with Gasteiger partial charge in [0.15, 0.2) is 5.78 Å². The molecule has 1 amide bonds. The van der Waals surface area contributed by atoms with Crippen LogP contribution in [0.3, 0.4) is 0 Å². The third kappa shape index (κ3) is 6.17. The Labute approximate surface area is 203 Å². The molecule has 0 aromatic heterocycles. The Morgan fingerprint density at radius 3 is 2.21 bits per heavy atom. The molecule has 0 spiro atoms. The van der Waals surface area contributed by atoms with Gasteiger partial charge >= 0.3 is 0 Å². The highest BCUT2D eigenvalue weighted by Crippen LogP contribution is 2.24. The molecule has 2 heterocycles. The van der Waals surface area contributed by atoms with E-state index in [0.717, 1.165) is 44.1 Å². The summed E-state index contributed by atoms with van der Waals surface area (Å²) in [6, 6.07) is 15.4. The van der Waals surface area contributed by atoms with Gasteiger partial charge in [-0.05, 0) is 82.6 Å². The van der Waals surface area contributed by atoms with E-state index in [2.05, 4.69) is 41.0 Å². The van der Waals surface area contributed by atoms with Crippen molar-refractivity contribution in [3.63, 3.8) is 0 Å². The third-order valence-corrected chi connectivity index (χ3v) is 6.96. The molecule has 2 aliphatic rings. The van der Waals surface area contributed by atoms with Gasteiger partial charge < -0.3 is 19.4 Å². The van der Waals surface area contributed by atoms with E-state index < -0.39 is 0 Å². The van der Waals surface area contributed by atoms with E-state index in [1.165, 1.54) is 39.3 Å². The predicted octanol–water partition coefficient (Wildman–Crippen LogP) is 4.49. The first-order valence-electron chi connectivity index (χ1n) is 12.6. The fourth-order valence-corrected chi connectivity index (χ4v) is 4.92. The van der Waals surface area contributed by atoms with Crippen LogP contribution in [0.25, 0.3) is 0 Å². The Morgan fingerprint density at radius 2 is 1.56 bits per heavy atom. The molecular weight excluding hydrogens is 426 g/mol. The van der Waals surface area contributed by atoms with Crippen molar-refractivity contribution < 1.29 is 14.3 Å². The van der Waals surface area contributed by atoms with Crippen molar-refractivity contribution in [2.75, 3.05) is 50.8 Å². The number of benzene rings is 2. The number of amides is 1. The van der Waals surface area contributed by atoms with Crippen molar-refractivity contribution in [1.29, 1.82) is 0 Å². The second kappa shape index (κ2) is 11.5. The van der Waals surface area contributed by atoms with Gasteiger partial charge in [0.1, 0.15) is 5.75 Å². The molecule has 0 saturated carbocycles. The first-order chi connectivity index (χ1) is 16.5. The molecule has 2 aromatic carbocycles. The minimum absolute atomic E-state index is 0.00912. The van der Waals surface area contributed by atoms with Crippen molar-refractivity contribution in [3.8, 4) is 5.75 Å². The smallest absolute Gasteiger partial charge is 0.254 e. The normalized spacial score (nSPS) is 19.2. The van der Waals surface area contributed by atoms with E-state index in [1.807, 2.05) is 4.90 Å². The van der Waals surface area contributed by atoms with Gasteiger partial charge in [-0.15, -0.1) is 0 Å². The molecule has 0 N–H and O–H groups in total. The van der Waals surface area contributed by atoms with Crippen LogP contribution < -0.4 is 9.64 Å². The van der Waals surface area contributed by atoms with Gasteiger partial charge in [-0.3, -0.25) is 9.59 Å². The Bertz CT molecular complexity index is 952. The molecule has 2 fully saturated rings. The van der Waals surface area contributed by atoms with E-state index >= 15 is 0 Å². The van der Waals surface area contributed by atoms with Gasteiger partial charge in [0.05, 0.1) is 6.61 Å². The van der Waals surface area contributed by atoms with Gasteiger partial charge in [-0.25, -0.2) is 0 Å². The molecule has 2 saturated heterocycles. The molecule has 0 radical (unpaired) electrons. The average Bonchev–Trinajstić information content (AvgIpc) is 2.87. The number of hydrogen-bond acceptors (Lipinski definition) is 5. The minimum atomic E-state index is 0.00912. The second-order valence-corrected chi connectivity index (χ2v) is 9.53. The highest BCUT2D eigenvalue weighted by molar-refractivity contribution is 5.98. The Hall–Kier alpha value is -2.86. The van der Waals surface area contributed by atoms with E-state index in [1.54, 1.807) is 24.3 Å². The minimum Gasteiger partial charge on any atom is -0.494 e.